The zero-order chi connectivity index (χ0) is 18.5. The van der Waals surface area contributed by atoms with Crippen molar-refractivity contribution in [1.82, 2.24) is 10.1 Å². The van der Waals surface area contributed by atoms with Crippen LogP contribution in [0.3, 0.4) is 0 Å². The van der Waals surface area contributed by atoms with Crippen molar-refractivity contribution in [2.75, 3.05) is 5.32 Å². The number of nitrogens with one attached hydrogen (secondary N) is 1. The van der Waals surface area contributed by atoms with E-state index < -0.39 is 0 Å². The summed E-state index contributed by atoms with van der Waals surface area (Å²) in [6.45, 7) is 0. The maximum Gasteiger partial charge on any atom is 0.260 e. The summed E-state index contributed by atoms with van der Waals surface area (Å²) in [6.07, 6.45) is 0.300. The molecule has 5 nitrogen and oxygen atoms in total. The fourth-order valence-corrected chi connectivity index (χ4v) is 2.79. The third kappa shape index (κ3) is 3.93. The molecule has 3 aromatic carbocycles. The fourth-order valence-electron chi connectivity index (χ4n) is 2.79. The molecule has 1 amide bonds. The molecule has 5 heteroatoms. The van der Waals surface area contributed by atoms with Crippen molar-refractivity contribution < 1.29 is 9.32 Å². The van der Waals surface area contributed by atoms with Gasteiger partial charge in [0, 0.05) is 5.56 Å². The molecule has 1 aromatic heterocycles. The second-order valence-corrected chi connectivity index (χ2v) is 6.05. The van der Waals surface area contributed by atoms with Crippen molar-refractivity contribution in [2.45, 2.75) is 6.42 Å². The van der Waals surface area contributed by atoms with Crippen molar-refractivity contribution >= 4 is 11.6 Å². The van der Waals surface area contributed by atoms with Gasteiger partial charge in [-0.1, -0.05) is 78.0 Å². The highest BCUT2D eigenvalue weighted by atomic mass is 16.5. The Morgan fingerprint density at radius 1 is 0.852 bits per heavy atom. The number of nitrogens with zero attached hydrogens (tertiary/aromatic N) is 2. The number of benzene rings is 3. The van der Waals surface area contributed by atoms with Crippen molar-refractivity contribution in [3.05, 3.63) is 90.5 Å². The van der Waals surface area contributed by atoms with Gasteiger partial charge in [0.2, 0.25) is 11.7 Å². The average Bonchev–Trinajstić information content (AvgIpc) is 3.20. The molecule has 1 heterocycles. The number of carbonyl (C=O) groups excluding carboxylic acids is 1. The molecule has 0 atom stereocenters. The summed E-state index contributed by atoms with van der Waals surface area (Å²) < 4.78 is 5.43. The summed E-state index contributed by atoms with van der Waals surface area (Å²) >= 11 is 0. The van der Waals surface area contributed by atoms with Crippen LogP contribution in [0.2, 0.25) is 0 Å². The lowest BCUT2D eigenvalue weighted by atomic mass is 10.1. The van der Waals surface area contributed by atoms with Crippen LogP contribution in [0, 0.1) is 0 Å². The van der Waals surface area contributed by atoms with E-state index in [0.29, 0.717) is 29.4 Å². The molecule has 132 valence electrons. The first-order valence-corrected chi connectivity index (χ1v) is 8.62. The first kappa shape index (κ1) is 16.7. The molecule has 0 fully saturated rings. The monoisotopic (exact) mass is 355 g/mol. The molecule has 0 unspecified atom stereocenters. The van der Waals surface area contributed by atoms with Gasteiger partial charge in [0.05, 0.1) is 17.7 Å². The molecule has 0 aliphatic carbocycles. The van der Waals surface area contributed by atoms with Gasteiger partial charge in [0.1, 0.15) is 0 Å². The van der Waals surface area contributed by atoms with Crippen LogP contribution in [-0.2, 0) is 11.2 Å². The quantitative estimate of drug-likeness (QED) is 0.569. The second kappa shape index (κ2) is 7.66. The maximum atomic E-state index is 12.4. The first-order valence-electron chi connectivity index (χ1n) is 8.62. The molecule has 1 N–H and O–H groups in total. The molecule has 0 aliphatic heterocycles. The number of amides is 1. The highest BCUT2D eigenvalue weighted by Gasteiger charge is 2.15. The Labute approximate surface area is 156 Å². The fraction of sp³-hybridized carbons (Fsp3) is 0.0455. The summed E-state index contributed by atoms with van der Waals surface area (Å²) in [6, 6.07) is 26.6. The lowest BCUT2D eigenvalue weighted by Crippen LogP contribution is -2.14. The second-order valence-electron chi connectivity index (χ2n) is 6.05. The minimum absolute atomic E-state index is 0.101. The predicted octanol–water partition coefficient (Wildman–Crippen LogP) is 4.58. The molecule has 4 aromatic rings. The molecule has 0 radical (unpaired) electrons. The van der Waals surface area contributed by atoms with E-state index in [9.17, 15) is 4.79 Å². The molecule has 0 spiro atoms. The van der Waals surface area contributed by atoms with Crippen molar-refractivity contribution in [2.24, 2.45) is 0 Å². The van der Waals surface area contributed by atoms with E-state index in [1.54, 1.807) is 0 Å². The van der Waals surface area contributed by atoms with Crippen LogP contribution in [0.1, 0.15) is 5.56 Å². The van der Waals surface area contributed by atoms with Crippen molar-refractivity contribution in [3.63, 3.8) is 0 Å². The van der Waals surface area contributed by atoms with Gasteiger partial charge in [-0.15, -0.1) is 0 Å². The van der Waals surface area contributed by atoms with E-state index in [0.717, 1.165) is 11.1 Å². The van der Waals surface area contributed by atoms with Gasteiger partial charge in [-0.05, 0) is 17.7 Å². The minimum Gasteiger partial charge on any atom is -0.334 e. The van der Waals surface area contributed by atoms with E-state index in [1.165, 1.54) is 0 Å². The highest BCUT2D eigenvalue weighted by molar-refractivity contribution is 5.95. The maximum absolute atomic E-state index is 12.4. The van der Waals surface area contributed by atoms with E-state index in [-0.39, 0.29) is 5.91 Å². The van der Waals surface area contributed by atoms with E-state index >= 15 is 0 Å². The number of hydrogen-bond acceptors (Lipinski definition) is 4. The summed E-state index contributed by atoms with van der Waals surface area (Å²) in [5.74, 6) is 0.775. The van der Waals surface area contributed by atoms with E-state index in [1.807, 2.05) is 84.9 Å². The predicted molar refractivity (Wildman–Crippen MR) is 104 cm³/mol. The molecule has 4 rings (SSSR count). The SMILES string of the molecule is O=C(Cc1ccccc1)Nc1ccccc1-c1nc(-c2ccccc2)no1. The highest BCUT2D eigenvalue weighted by Crippen LogP contribution is 2.28. The molecule has 0 aliphatic rings. The average molecular weight is 355 g/mol. The molecule has 0 saturated carbocycles. The largest absolute Gasteiger partial charge is 0.334 e. The van der Waals surface area contributed by atoms with Gasteiger partial charge in [0.15, 0.2) is 0 Å². The molecular weight excluding hydrogens is 338 g/mol. The van der Waals surface area contributed by atoms with E-state index in [4.69, 9.17) is 4.52 Å². The van der Waals surface area contributed by atoms with Crippen LogP contribution >= 0.6 is 0 Å². The number of aromatic nitrogens is 2. The Morgan fingerprint density at radius 3 is 2.30 bits per heavy atom. The van der Waals surface area contributed by atoms with Gasteiger partial charge in [0.25, 0.3) is 5.89 Å². The molecule has 0 bridgehead atoms. The van der Waals surface area contributed by atoms with Crippen LogP contribution in [0.25, 0.3) is 22.8 Å². The topological polar surface area (TPSA) is 68.0 Å². The smallest absolute Gasteiger partial charge is 0.260 e. The third-order valence-corrected chi connectivity index (χ3v) is 4.10. The van der Waals surface area contributed by atoms with Gasteiger partial charge in [-0.25, -0.2) is 0 Å². The Balaban J connectivity index is 1.57. The summed E-state index contributed by atoms with van der Waals surface area (Å²) in [7, 11) is 0. The summed E-state index contributed by atoms with van der Waals surface area (Å²) in [5, 5.41) is 6.99. The van der Waals surface area contributed by atoms with Crippen LogP contribution in [0.15, 0.2) is 89.5 Å². The lowest BCUT2D eigenvalue weighted by molar-refractivity contribution is -0.115. The standard InChI is InChI=1S/C22H17N3O2/c26-20(15-16-9-3-1-4-10-16)23-19-14-8-7-13-18(19)22-24-21(25-27-22)17-11-5-2-6-12-17/h1-14H,15H2,(H,23,26). The minimum atomic E-state index is -0.101. The zero-order valence-electron chi connectivity index (χ0n) is 14.5. The van der Waals surface area contributed by atoms with Crippen molar-refractivity contribution in [3.8, 4) is 22.8 Å². The summed E-state index contributed by atoms with van der Waals surface area (Å²) in [5.41, 5.74) is 3.16. The third-order valence-electron chi connectivity index (χ3n) is 4.10. The van der Waals surface area contributed by atoms with Gasteiger partial charge < -0.3 is 9.84 Å². The van der Waals surface area contributed by atoms with Crippen LogP contribution in [-0.4, -0.2) is 16.0 Å². The Morgan fingerprint density at radius 2 is 1.52 bits per heavy atom. The Bertz CT molecular complexity index is 1040. The first-order chi connectivity index (χ1) is 13.3. The zero-order valence-corrected chi connectivity index (χ0v) is 14.5. The summed E-state index contributed by atoms with van der Waals surface area (Å²) in [4.78, 5) is 16.9. The van der Waals surface area contributed by atoms with Crippen LogP contribution in [0.4, 0.5) is 5.69 Å². The van der Waals surface area contributed by atoms with Crippen LogP contribution < -0.4 is 5.32 Å². The van der Waals surface area contributed by atoms with Crippen molar-refractivity contribution in [1.29, 1.82) is 0 Å². The van der Waals surface area contributed by atoms with E-state index in [2.05, 4.69) is 15.5 Å². The normalized spacial score (nSPS) is 10.5. The number of rotatable bonds is 5. The van der Waals surface area contributed by atoms with Gasteiger partial charge >= 0.3 is 0 Å². The molecule has 0 saturated heterocycles. The number of hydrogen-bond donors (Lipinski definition) is 1. The Kier molecular flexibility index (Phi) is 4.74. The number of para-hydroxylation sites is 1. The number of anilines is 1. The van der Waals surface area contributed by atoms with Crippen LogP contribution in [0.5, 0.6) is 0 Å². The number of carbonyl (C=O) groups is 1. The Hall–Kier alpha value is -3.73. The molecular formula is C22H17N3O2. The van der Waals surface area contributed by atoms with Gasteiger partial charge in [-0.2, -0.15) is 4.98 Å². The molecule has 27 heavy (non-hydrogen) atoms. The lowest BCUT2D eigenvalue weighted by Gasteiger charge is -2.08. The van der Waals surface area contributed by atoms with Gasteiger partial charge in [-0.3, -0.25) is 4.79 Å².